The van der Waals surface area contributed by atoms with Crippen molar-refractivity contribution in [2.45, 2.75) is 25.8 Å². The number of carbonyl (C=O) groups is 1. The molecule has 1 atom stereocenters. The Labute approximate surface area is 153 Å². The second kappa shape index (κ2) is 9.45. The van der Waals surface area contributed by atoms with Crippen LogP contribution in [-0.2, 0) is 16.4 Å². The molecule has 0 aliphatic rings. The van der Waals surface area contributed by atoms with Gasteiger partial charge >= 0.3 is 0 Å². The number of aryl methyl sites for hydroxylation is 1. The Bertz CT molecular complexity index is 808. The summed E-state index contributed by atoms with van der Waals surface area (Å²) in [4.78, 5) is 11.9. The molecule has 2 aromatic carbocycles. The van der Waals surface area contributed by atoms with Crippen molar-refractivity contribution in [2.75, 3.05) is 12.3 Å². The second-order valence-corrected chi connectivity index (χ2v) is 8.00. The van der Waals surface area contributed by atoms with E-state index in [9.17, 15) is 17.6 Å². The predicted octanol–water partition coefficient (Wildman–Crippen LogP) is 2.50. The number of hydrogen-bond acceptors (Lipinski definition) is 3. The van der Waals surface area contributed by atoms with Gasteiger partial charge in [0.1, 0.15) is 5.82 Å². The van der Waals surface area contributed by atoms with Crippen molar-refractivity contribution in [3.8, 4) is 0 Å². The lowest BCUT2D eigenvalue weighted by atomic mass is 10.1. The molecule has 0 spiro atoms. The smallest absolute Gasteiger partial charge is 0.251 e. The summed E-state index contributed by atoms with van der Waals surface area (Å²) in [5.74, 6) is -1.08. The molecule has 0 bridgehead atoms. The molecule has 0 fully saturated rings. The molecule has 0 unspecified atom stereocenters. The van der Waals surface area contributed by atoms with Gasteiger partial charge in [-0.15, -0.1) is 0 Å². The fourth-order valence-corrected chi connectivity index (χ4v) is 3.67. The van der Waals surface area contributed by atoms with E-state index >= 15 is 0 Å². The van der Waals surface area contributed by atoms with Crippen LogP contribution in [0.2, 0.25) is 0 Å². The summed E-state index contributed by atoms with van der Waals surface area (Å²) in [6.07, 6.45) is 1.47. The second-order valence-electron chi connectivity index (χ2n) is 6.12. The molecule has 0 aromatic heterocycles. The summed E-state index contributed by atoms with van der Waals surface area (Å²) in [5, 5.41) is 2.53. The normalized spacial score (nSPS) is 12.5. The molecular weight excluding hydrogens is 355 g/mol. The van der Waals surface area contributed by atoms with Crippen LogP contribution in [0.1, 0.15) is 29.3 Å². The number of halogens is 1. The van der Waals surface area contributed by atoms with Crippen molar-refractivity contribution in [3.05, 3.63) is 71.5 Å². The zero-order valence-corrected chi connectivity index (χ0v) is 15.4. The number of hydrogen-bond donors (Lipinski definition) is 2. The molecule has 5 nitrogen and oxygen atoms in total. The van der Waals surface area contributed by atoms with Gasteiger partial charge in [0.25, 0.3) is 5.91 Å². The van der Waals surface area contributed by atoms with Crippen LogP contribution in [0.5, 0.6) is 0 Å². The quantitative estimate of drug-likeness (QED) is 0.704. The van der Waals surface area contributed by atoms with Gasteiger partial charge in [-0.3, -0.25) is 4.79 Å². The monoisotopic (exact) mass is 378 g/mol. The molecule has 2 aromatic rings. The van der Waals surface area contributed by atoms with E-state index in [-0.39, 0.29) is 23.9 Å². The van der Waals surface area contributed by atoms with E-state index in [4.69, 9.17) is 0 Å². The first-order chi connectivity index (χ1) is 12.4. The standard InChI is InChI=1S/C19H23FN2O3S/c1-15(7-8-16-5-3-2-4-6-16)22-26(24,25)14-13-21-19(23)17-9-11-18(20)12-10-17/h2-6,9-12,15,22H,7-8,13-14H2,1H3,(H,21,23)/t15-/m0/s1. The molecule has 0 aliphatic heterocycles. The molecule has 0 saturated carbocycles. The first-order valence-corrected chi connectivity index (χ1v) is 10.1. The molecule has 1 amide bonds. The number of benzene rings is 2. The number of rotatable bonds is 9. The van der Waals surface area contributed by atoms with Crippen molar-refractivity contribution in [1.29, 1.82) is 0 Å². The van der Waals surface area contributed by atoms with Gasteiger partial charge in [0.05, 0.1) is 5.75 Å². The van der Waals surface area contributed by atoms with E-state index in [0.717, 1.165) is 12.0 Å². The minimum atomic E-state index is -3.49. The SMILES string of the molecule is C[C@@H](CCc1ccccc1)NS(=O)(=O)CCNC(=O)c1ccc(F)cc1. The minimum Gasteiger partial charge on any atom is -0.351 e. The third-order valence-corrected chi connectivity index (χ3v) is 5.36. The highest BCUT2D eigenvalue weighted by Gasteiger charge is 2.15. The molecule has 140 valence electrons. The molecule has 0 heterocycles. The van der Waals surface area contributed by atoms with Gasteiger partial charge in [-0.2, -0.15) is 0 Å². The molecule has 2 N–H and O–H groups in total. The lowest BCUT2D eigenvalue weighted by Crippen LogP contribution is -2.38. The Hall–Kier alpha value is -2.25. The Kier molecular flexibility index (Phi) is 7.29. The van der Waals surface area contributed by atoms with E-state index in [1.165, 1.54) is 24.3 Å². The van der Waals surface area contributed by atoms with Gasteiger partial charge in [-0.25, -0.2) is 17.5 Å². The van der Waals surface area contributed by atoms with Gasteiger partial charge in [0, 0.05) is 18.2 Å². The molecule has 2 rings (SSSR count). The largest absolute Gasteiger partial charge is 0.351 e. The molecule has 26 heavy (non-hydrogen) atoms. The van der Waals surface area contributed by atoms with E-state index in [0.29, 0.717) is 6.42 Å². The van der Waals surface area contributed by atoms with Crippen LogP contribution < -0.4 is 10.0 Å². The van der Waals surface area contributed by atoms with Crippen LogP contribution in [0.3, 0.4) is 0 Å². The number of sulfonamides is 1. The average molecular weight is 378 g/mol. The van der Waals surface area contributed by atoms with Gasteiger partial charge in [0.15, 0.2) is 0 Å². The number of carbonyl (C=O) groups excluding carboxylic acids is 1. The summed E-state index contributed by atoms with van der Waals surface area (Å²) < 4.78 is 39.7. The predicted molar refractivity (Wildman–Crippen MR) is 99.9 cm³/mol. The Balaban J connectivity index is 1.73. The van der Waals surface area contributed by atoms with Crippen LogP contribution in [-0.4, -0.2) is 32.7 Å². The van der Waals surface area contributed by atoms with Crippen LogP contribution in [0.4, 0.5) is 4.39 Å². The summed E-state index contributed by atoms with van der Waals surface area (Å²) in [6, 6.07) is 14.7. The van der Waals surface area contributed by atoms with Crippen LogP contribution in [0, 0.1) is 5.82 Å². The van der Waals surface area contributed by atoms with Crippen molar-refractivity contribution in [2.24, 2.45) is 0 Å². The number of nitrogens with one attached hydrogen (secondary N) is 2. The Morgan fingerprint density at radius 3 is 2.38 bits per heavy atom. The summed E-state index contributed by atoms with van der Waals surface area (Å²) in [7, 11) is -3.49. The fraction of sp³-hybridized carbons (Fsp3) is 0.316. The molecule has 7 heteroatoms. The zero-order chi connectivity index (χ0) is 19.0. The summed E-state index contributed by atoms with van der Waals surface area (Å²) >= 11 is 0. The van der Waals surface area contributed by atoms with Gasteiger partial charge in [-0.05, 0) is 49.6 Å². The minimum absolute atomic E-state index is 0.0169. The lowest BCUT2D eigenvalue weighted by molar-refractivity contribution is 0.0956. The molecule has 0 aliphatic carbocycles. The van der Waals surface area contributed by atoms with Crippen LogP contribution in [0.25, 0.3) is 0 Å². The van der Waals surface area contributed by atoms with E-state index in [2.05, 4.69) is 10.0 Å². The van der Waals surface area contributed by atoms with Crippen molar-refractivity contribution < 1.29 is 17.6 Å². The van der Waals surface area contributed by atoms with E-state index in [1.54, 1.807) is 0 Å². The average Bonchev–Trinajstić information content (AvgIpc) is 2.61. The van der Waals surface area contributed by atoms with Crippen LogP contribution in [0.15, 0.2) is 54.6 Å². The van der Waals surface area contributed by atoms with Crippen molar-refractivity contribution in [3.63, 3.8) is 0 Å². The highest BCUT2D eigenvalue weighted by Crippen LogP contribution is 2.06. The molecule has 0 radical (unpaired) electrons. The van der Waals surface area contributed by atoms with Crippen molar-refractivity contribution >= 4 is 15.9 Å². The highest BCUT2D eigenvalue weighted by atomic mass is 32.2. The Morgan fingerprint density at radius 1 is 1.08 bits per heavy atom. The molecular formula is C19H23FN2O3S. The van der Waals surface area contributed by atoms with Gasteiger partial charge in [-0.1, -0.05) is 30.3 Å². The zero-order valence-electron chi connectivity index (χ0n) is 14.6. The maximum atomic E-state index is 12.8. The first-order valence-electron chi connectivity index (χ1n) is 8.43. The van der Waals surface area contributed by atoms with E-state index in [1.807, 2.05) is 37.3 Å². The topological polar surface area (TPSA) is 75.3 Å². The van der Waals surface area contributed by atoms with Gasteiger partial charge < -0.3 is 5.32 Å². The lowest BCUT2D eigenvalue weighted by Gasteiger charge is -2.14. The maximum Gasteiger partial charge on any atom is 0.251 e. The molecule has 0 saturated heterocycles. The number of amides is 1. The Morgan fingerprint density at radius 2 is 1.73 bits per heavy atom. The summed E-state index contributed by atoms with van der Waals surface area (Å²) in [6.45, 7) is 1.80. The summed E-state index contributed by atoms with van der Waals surface area (Å²) in [5.41, 5.74) is 1.44. The van der Waals surface area contributed by atoms with Crippen LogP contribution >= 0.6 is 0 Å². The van der Waals surface area contributed by atoms with Gasteiger partial charge in [0.2, 0.25) is 10.0 Å². The first kappa shape index (κ1) is 20.1. The maximum absolute atomic E-state index is 12.8. The fourth-order valence-electron chi connectivity index (χ4n) is 2.45. The highest BCUT2D eigenvalue weighted by molar-refractivity contribution is 7.89. The van der Waals surface area contributed by atoms with Crippen molar-refractivity contribution in [1.82, 2.24) is 10.0 Å². The van der Waals surface area contributed by atoms with E-state index < -0.39 is 21.7 Å². The third kappa shape index (κ3) is 6.93. The third-order valence-electron chi connectivity index (χ3n) is 3.85.